The summed E-state index contributed by atoms with van der Waals surface area (Å²) < 4.78 is 5.34. The van der Waals surface area contributed by atoms with Gasteiger partial charge in [0.05, 0.1) is 13.2 Å². The molecular weight excluding hydrogens is 268 g/mol. The molecule has 0 aliphatic carbocycles. The van der Waals surface area contributed by atoms with Crippen molar-refractivity contribution in [1.29, 1.82) is 0 Å². The number of aromatic nitrogens is 2. The van der Waals surface area contributed by atoms with Crippen LogP contribution in [0.1, 0.15) is 20.3 Å². The van der Waals surface area contributed by atoms with Crippen LogP contribution >= 0.6 is 0 Å². The van der Waals surface area contributed by atoms with E-state index < -0.39 is 0 Å². The zero-order valence-corrected chi connectivity index (χ0v) is 12.9. The van der Waals surface area contributed by atoms with Crippen LogP contribution in [-0.2, 0) is 4.74 Å². The van der Waals surface area contributed by atoms with Crippen LogP contribution in [-0.4, -0.2) is 60.3 Å². The molecule has 118 valence electrons. The van der Waals surface area contributed by atoms with Crippen LogP contribution in [0.25, 0.3) is 0 Å². The summed E-state index contributed by atoms with van der Waals surface area (Å²) in [6, 6.07) is 0.288. The molecule has 1 saturated heterocycles. The van der Waals surface area contributed by atoms with Crippen molar-refractivity contribution in [3.05, 3.63) is 6.33 Å². The zero-order valence-electron chi connectivity index (χ0n) is 12.9. The maximum atomic E-state index is 6.08. The summed E-state index contributed by atoms with van der Waals surface area (Å²) >= 11 is 0. The summed E-state index contributed by atoms with van der Waals surface area (Å²) in [4.78, 5) is 10.8. The molecule has 0 aromatic carbocycles. The maximum Gasteiger partial charge on any atom is 0.155 e. The van der Waals surface area contributed by atoms with Crippen molar-refractivity contribution < 1.29 is 4.74 Å². The number of anilines is 3. The van der Waals surface area contributed by atoms with Gasteiger partial charge in [-0.1, -0.05) is 0 Å². The van der Waals surface area contributed by atoms with E-state index in [1.807, 2.05) is 0 Å². The first-order valence-corrected chi connectivity index (χ1v) is 7.58. The molecule has 2 rings (SSSR count). The molecule has 1 aliphatic heterocycles. The van der Waals surface area contributed by atoms with Crippen LogP contribution in [0.4, 0.5) is 17.3 Å². The number of nitrogen functional groups attached to an aromatic ring is 1. The molecule has 1 fully saturated rings. The molecule has 4 N–H and O–H groups in total. The first-order chi connectivity index (χ1) is 10.2. The van der Waals surface area contributed by atoms with Crippen LogP contribution in [0.3, 0.4) is 0 Å². The van der Waals surface area contributed by atoms with E-state index in [0.29, 0.717) is 17.3 Å². The lowest BCUT2D eigenvalue weighted by Crippen LogP contribution is -2.37. The molecule has 0 unspecified atom stereocenters. The Morgan fingerprint density at radius 2 is 2.00 bits per heavy atom. The highest BCUT2D eigenvalue weighted by Gasteiger charge is 2.10. The third-order valence-corrected chi connectivity index (χ3v) is 3.36. The quantitative estimate of drug-likeness (QED) is 0.647. The van der Waals surface area contributed by atoms with Gasteiger partial charge in [0.2, 0.25) is 0 Å². The van der Waals surface area contributed by atoms with Crippen LogP contribution < -0.4 is 16.4 Å². The normalized spacial score (nSPS) is 16.1. The summed E-state index contributed by atoms with van der Waals surface area (Å²) in [6.45, 7) is 9.76. The van der Waals surface area contributed by atoms with E-state index in [1.54, 1.807) is 0 Å². The Hall–Kier alpha value is -1.60. The third kappa shape index (κ3) is 5.02. The first kappa shape index (κ1) is 15.8. The van der Waals surface area contributed by atoms with Gasteiger partial charge in [-0.25, -0.2) is 9.97 Å². The molecule has 0 bridgehead atoms. The Bertz CT molecular complexity index is 433. The lowest BCUT2D eigenvalue weighted by molar-refractivity contribution is 0.0378. The van der Waals surface area contributed by atoms with Gasteiger partial charge in [0, 0.05) is 25.7 Å². The smallest absolute Gasteiger partial charge is 0.155 e. The standard InChI is InChI=1S/C14H26N6O/c1-11(2)19-14-12(15)13(17-10-18-14)16-4-3-5-20-6-8-21-9-7-20/h10-11H,3-9,15H2,1-2H3,(H2,16,17,18,19). The topological polar surface area (TPSA) is 88.3 Å². The van der Waals surface area contributed by atoms with Gasteiger partial charge in [-0.3, -0.25) is 4.90 Å². The Labute approximate surface area is 126 Å². The first-order valence-electron chi connectivity index (χ1n) is 7.58. The molecule has 21 heavy (non-hydrogen) atoms. The molecule has 1 aromatic rings. The molecule has 1 aromatic heterocycles. The average Bonchev–Trinajstić information content (AvgIpc) is 2.48. The lowest BCUT2D eigenvalue weighted by atomic mass is 10.3. The fourth-order valence-corrected chi connectivity index (χ4v) is 2.26. The van der Waals surface area contributed by atoms with E-state index in [0.717, 1.165) is 45.8 Å². The Balaban J connectivity index is 1.77. The number of hydrogen-bond donors (Lipinski definition) is 3. The zero-order chi connectivity index (χ0) is 15.1. The number of rotatable bonds is 7. The van der Waals surface area contributed by atoms with Gasteiger partial charge >= 0.3 is 0 Å². The molecule has 2 heterocycles. The van der Waals surface area contributed by atoms with Gasteiger partial charge in [0.15, 0.2) is 11.6 Å². The van der Waals surface area contributed by atoms with Crippen molar-refractivity contribution in [2.45, 2.75) is 26.3 Å². The van der Waals surface area contributed by atoms with E-state index in [4.69, 9.17) is 10.5 Å². The SMILES string of the molecule is CC(C)Nc1ncnc(NCCCN2CCOCC2)c1N. The molecule has 0 saturated carbocycles. The highest BCUT2D eigenvalue weighted by molar-refractivity contribution is 5.74. The van der Waals surface area contributed by atoms with Crippen molar-refractivity contribution in [3.8, 4) is 0 Å². The van der Waals surface area contributed by atoms with E-state index >= 15 is 0 Å². The minimum Gasteiger partial charge on any atom is -0.393 e. The number of nitrogens with zero attached hydrogens (tertiary/aromatic N) is 3. The molecule has 1 aliphatic rings. The number of morpholine rings is 1. The summed E-state index contributed by atoms with van der Waals surface area (Å²) in [5, 5.41) is 6.51. The van der Waals surface area contributed by atoms with Crippen LogP contribution in [0.2, 0.25) is 0 Å². The molecular formula is C14H26N6O. The van der Waals surface area contributed by atoms with Crippen LogP contribution in [0.5, 0.6) is 0 Å². The Kier molecular flexibility index (Phi) is 6.01. The number of nitrogens with two attached hydrogens (primary N) is 1. The summed E-state index contributed by atoms with van der Waals surface area (Å²) in [6.07, 6.45) is 2.59. The monoisotopic (exact) mass is 294 g/mol. The van der Waals surface area contributed by atoms with Gasteiger partial charge in [0.25, 0.3) is 0 Å². The average molecular weight is 294 g/mol. The number of hydrogen-bond acceptors (Lipinski definition) is 7. The van der Waals surface area contributed by atoms with Gasteiger partial charge in [-0.2, -0.15) is 0 Å². The number of ether oxygens (including phenoxy) is 1. The van der Waals surface area contributed by atoms with Gasteiger partial charge in [-0.15, -0.1) is 0 Å². The van der Waals surface area contributed by atoms with Crippen molar-refractivity contribution in [1.82, 2.24) is 14.9 Å². The Morgan fingerprint density at radius 3 is 2.71 bits per heavy atom. The summed E-state index contributed by atoms with van der Waals surface area (Å²) in [5.41, 5.74) is 6.66. The second-order valence-corrected chi connectivity index (χ2v) is 5.52. The highest BCUT2D eigenvalue weighted by atomic mass is 16.5. The van der Waals surface area contributed by atoms with Crippen molar-refractivity contribution in [2.75, 3.05) is 55.8 Å². The minimum atomic E-state index is 0.288. The van der Waals surface area contributed by atoms with Crippen molar-refractivity contribution in [3.63, 3.8) is 0 Å². The fraction of sp³-hybridized carbons (Fsp3) is 0.714. The highest BCUT2D eigenvalue weighted by Crippen LogP contribution is 2.22. The summed E-state index contributed by atoms with van der Waals surface area (Å²) in [5.74, 6) is 1.39. The summed E-state index contributed by atoms with van der Waals surface area (Å²) in [7, 11) is 0. The van der Waals surface area contributed by atoms with Gasteiger partial charge in [0.1, 0.15) is 12.0 Å². The molecule has 7 heteroatoms. The number of nitrogens with one attached hydrogen (secondary N) is 2. The molecule has 0 atom stereocenters. The molecule has 0 amide bonds. The Morgan fingerprint density at radius 1 is 1.29 bits per heavy atom. The van der Waals surface area contributed by atoms with E-state index in [9.17, 15) is 0 Å². The van der Waals surface area contributed by atoms with E-state index in [1.165, 1.54) is 6.33 Å². The fourth-order valence-electron chi connectivity index (χ4n) is 2.26. The van der Waals surface area contributed by atoms with E-state index in [2.05, 4.69) is 39.3 Å². The predicted octanol–water partition coefficient (Wildman–Crippen LogP) is 1.01. The second-order valence-electron chi connectivity index (χ2n) is 5.52. The molecule has 0 spiro atoms. The van der Waals surface area contributed by atoms with Gasteiger partial charge < -0.3 is 21.1 Å². The van der Waals surface area contributed by atoms with Crippen LogP contribution in [0, 0.1) is 0 Å². The van der Waals surface area contributed by atoms with Crippen molar-refractivity contribution >= 4 is 17.3 Å². The van der Waals surface area contributed by atoms with Crippen molar-refractivity contribution in [2.24, 2.45) is 0 Å². The third-order valence-electron chi connectivity index (χ3n) is 3.36. The minimum absolute atomic E-state index is 0.288. The molecule has 7 nitrogen and oxygen atoms in total. The van der Waals surface area contributed by atoms with Gasteiger partial charge in [-0.05, 0) is 26.8 Å². The lowest BCUT2D eigenvalue weighted by Gasteiger charge is -2.26. The molecule has 0 radical (unpaired) electrons. The second kappa shape index (κ2) is 7.99. The maximum absolute atomic E-state index is 6.08. The predicted molar refractivity (Wildman–Crippen MR) is 85.6 cm³/mol. The van der Waals surface area contributed by atoms with E-state index in [-0.39, 0.29) is 6.04 Å². The largest absolute Gasteiger partial charge is 0.393 e. The van der Waals surface area contributed by atoms with Crippen LogP contribution in [0.15, 0.2) is 6.33 Å².